The Bertz CT molecular complexity index is 681. The molecule has 0 aliphatic rings. The van der Waals surface area contributed by atoms with Crippen molar-refractivity contribution in [1.82, 2.24) is 0 Å². The molecule has 3 rings (SSSR count). The molecule has 0 aliphatic heterocycles. The lowest BCUT2D eigenvalue weighted by Crippen LogP contribution is -2.32. The van der Waals surface area contributed by atoms with Gasteiger partial charge < -0.3 is 5.11 Å². The standard InChI is InChI=1S/C20H19OP/c1-2-22(18-9-5-3-6-10-18,19-11-7-4-8-12-19)20-15-13-17(21)14-16-20/h3-16H,2H2,1H3/p+1. The number of phenolic OH excluding ortho intramolecular Hbond substituents is 1. The Balaban J connectivity index is 2.28. The minimum atomic E-state index is -1.67. The van der Waals surface area contributed by atoms with Crippen molar-refractivity contribution in [3.05, 3.63) is 84.9 Å². The number of rotatable bonds is 4. The lowest BCUT2D eigenvalue weighted by atomic mass is 10.3. The molecule has 0 saturated heterocycles. The monoisotopic (exact) mass is 307 g/mol. The Labute approximate surface area is 132 Å². The van der Waals surface area contributed by atoms with E-state index in [1.165, 1.54) is 15.9 Å². The van der Waals surface area contributed by atoms with E-state index in [0.29, 0.717) is 5.75 Å². The number of hydrogen-bond donors (Lipinski definition) is 1. The van der Waals surface area contributed by atoms with Crippen molar-refractivity contribution >= 4 is 23.2 Å². The molecule has 0 unspecified atom stereocenters. The first-order valence-corrected chi connectivity index (χ1v) is 9.53. The molecule has 0 radical (unpaired) electrons. The third kappa shape index (κ3) is 2.53. The minimum Gasteiger partial charge on any atom is -0.508 e. The van der Waals surface area contributed by atoms with Crippen molar-refractivity contribution in [3.63, 3.8) is 0 Å². The average Bonchev–Trinajstić information content (AvgIpc) is 2.59. The van der Waals surface area contributed by atoms with E-state index in [0.717, 1.165) is 6.16 Å². The molecule has 3 aromatic carbocycles. The van der Waals surface area contributed by atoms with Gasteiger partial charge in [-0.3, -0.25) is 0 Å². The maximum atomic E-state index is 9.65. The van der Waals surface area contributed by atoms with E-state index in [4.69, 9.17) is 0 Å². The van der Waals surface area contributed by atoms with Crippen molar-refractivity contribution in [3.8, 4) is 5.75 Å². The largest absolute Gasteiger partial charge is 0.508 e. The van der Waals surface area contributed by atoms with E-state index in [1.807, 2.05) is 0 Å². The van der Waals surface area contributed by atoms with E-state index < -0.39 is 7.26 Å². The van der Waals surface area contributed by atoms with Crippen LogP contribution in [-0.4, -0.2) is 11.3 Å². The van der Waals surface area contributed by atoms with Crippen LogP contribution in [0.4, 0.5) is 0 Å². The normalized spacial score (nSPS) is 11.3. The van der Waals surface area contributed by atoms with Gasteiger partial charge in [0.2, 0.25) is 0 Å². The topological polar surface area (TPSA) is 20.2 Å². The summed E-state index contributed by atoms with van der Waals surface area (Å²) in [7, 11) is -1.67. The van der Waals surface area contributed by atoms with Crippen molar-refractivity contribution in [1.29, 1.82) is 0 Å². The van der Waals surface area contributed by atoms with Gasteiger partial charge in [0.1, 0.15) is 28.9 Å². The Morgan fingerprint density at radius 1 is 0.636 bits per heavy atom. The zero-order chi connectivity index (χ0) is 15.4. The summed E-state index contributed by atoms with van der Waals surface area (Å²) in [6.07, 6.45) is 1.06. The Morgan fingerprint density at radius 3 is 1.45 bits per heavy atom. The first-order valence-electron chi connectivity index (χ1n) is 7.56. The zero-order valence-electron chi connectivity index (χ0n) is 12.7. The summed E-state index contributed by atoms with van der Waals surface area (Å²) < 4.78 is 0. The Hall–Kier alpha value is -2.11. The molecule has 0 aromatic heterocycles. The first kappa shape index (κ1) is 14.8. The van der Waals surface area contributed by atoms with E-state index in [2.05, 4.69) is 79.7 Å². The molecular formula is C20H20OP+. The molecule has 0 heterocycles. The highest BCUT2D eigenvalue weighted by Crippen LogP contribution is 2.54. The second-order valence-electron chi connectivity index (χ2n) is 5.31. The van der Waals surface area contributed by atoms with E-state index >= 15 is 0 Å². The number of benzene rings is 3. The summed E-state index contributed by atoms with van der Waals surface area (Å²) in [5, 5.41) is 13.7. The maximum absolute atomic E-state index is 9.65. The van der Waals surface area contributed by atoms with Crippen molar-refractivity contribution in [2.24, 2.45) is 0 Å². The van der Waals surface area contributed by atoms with Gasteiger partial charge in [0.15, 0.2) is 0 Å². The smallest absolute Gasteiger partial charge is 0.115 e. The molecule has 3 aromatic rings. The highest BCUT2D eigenvalue weighted by atomic mass is 31.2. The molecule has 0 bridgehead atoms. The molecular weight excluding hydrogens is 287 g/mol. The van der Waals surface area contributed by atoms with Crippen LogP contribution in [0.3, 0.4) is 0 Å². The predicted octanol–water partition coefficient (Wildman–Crippen LogP) is 3.71. The lowest BCUT2D eigenvalue weighted by Gasteiger charge is -2.26. The second-order valence-corrected chi connectivity index (χ2v) is 9.11. The SMILES string of the molecule is CC[P+](c1ccccc1)(c1ccccc1)c1ccc(O)cc1. The quantitative estimate of drug-likeness (QED) is 0.729. The molecule has 0 saturated carbocycles. The highest BCUT2D eigenvalue weighted by molar-refractivity contribution is 7.95. The summed E-state index contributed by atoms with van der Waals surface area (Å²) in [5.41, 5.74) is 0. The van der Waals surface area contributed by atoms with Gasteiger partial charge in [0.25, 0.3) is 0 Å². The van der Waals surface area contributed by atoms with Gasteiger partial charge >= 0.3 is 0 Å². The lowest BCUT2D eigenvalue weighted by molar-refractivity contribution is 0.475. The van der Waals surface area contributed by atoms with Crippen LogP contribution in [0.15, 0.2) is 84.9 Å². The van der Waals surface area contributed by atoms with Gasteiger partial charge in [0.05, 0.1) is 6.16 Å². The van der Waals surface area contributed by atoms with Crippen molar-refractivity contribution < 1.29 is 5.11 Å². The Kier molecular flexibility index (Phi) is 4.27. The fourth-order valence-electron chi connectivity index (χ4n) is 3.07. The molecule has 0 atom stereocenters. The van der Waals surface area contributed by atoms with E-state index in [-0.39, 0.29) is 0 Å². The third-order valence-electron chi connectivity index (χ3n) is 4.16. The molecule has 1 nitrogen and oxygen atoms in total. The average molecular weight is 307 g/mol. The molecule has 0 aliphatic carbocycles. The number of aromatic hydroxyl groups is 1. The summed E-state index contributed by atoms with van der Waals surface area (Å²) in [4.78, 5) is 0. The molecule has 0 fully saturated rings. The fourth-order valence-corrected chi connectivity index (χ4v) is 7.08. The van der Waals surface area contributed by atoms with Crippen LogP contribution < -0.4 is 15.9 Å². The molecule has 110 valence electrons. The van der Waals surface area contributed by atoms with Crippen LogP contribution >= 0.6 is 7.26 Å². The fraction of sp³-hybridized carbons (Fsp3) is 0.100. The maximum Gasteiger partial charge on any atom is 0.115 e. The summed E-state index contributed by atoms with van der Waals surface area (Å²) in [5.74, 6) is 0.319. The van der Waals surface area contributed by atoms with Crippen LogP contribution in [0.2, 0.25) is 0 Å². The zero-order valence-corrected chi connectivity index (χ0v) is 13.6. The van der Waals surface area contributed by atoms with Gasteiger partial charge in [-0.25, -0.2) is 0 Å². The third-order valence-corrected chi connectivity index (χ3v) is 8.65. The van der Waals surface area contributed by atoms with E-state index in [9.17, 15) is 5.11 Å². The van der Waals surface area contributed by atoms with Crippen molar-refractivity contribution in [2.75, 3.05) is 6.16 Å². The predicted molar refractivity (Wildman–Crippen MR) is 97.4 cm³/mol. The minimum absolute atomic E-state index is 0.319. The van der Waals surface area contributed by atoms with Gasteiger partial charge in [-0.1, -0.05) is 36.4 Å². The first-order chi connectivity index (χ1) is 10.8. The molecule has 2 heteroatoms. The Morgan fingerprint density at radius 2 is 1.05 bits per heavy atom. The van der Waals surface area contributed by atoms with Crippen molar-refractivity contribution in [2.45, 2.75) is 6.92 Å². The second kappa shape index (κ2) is 6.34. The molecule has 1 N–H and O–H groups in total. The van der Waals surface area contributed by atoms with E-state index in [1.54, 1.807) is 12.1 Å². The van der Waals surface area contributed by atoms with Gasteiger partial charge in [0, 0.05) is 0 Å². The van der Waals surface area contributed by atoms with Gasteiger partial charge in [-0.05, 0) is 55.5 Å². The van der Waals surface area contributed by atoms with Gasteiger partial charge in [-0.15, -0.1) is 0 Å². The molecule has 0 amide bonds. The molecule has 22 heavy (non-hydrogen) atoms. The summed E-state index contributed by atoms with van der Waals surface area (Å²) in [6, 6.07) is 29.3. The van der Waals surface area contributed by atoms with Crippen LogP contribution in [0.25, 0.3) is 0 Å². The molecule has 0 spiro atoms. The highest BCUT2D eigenvalue weighted by Gasteiger charge is 2.43. The summed E-state index contributed by atoms with van der Waals surface area (Å²) in [6.45, 7) is 2.26. The summed E-state index contributed by atoms with van der Waals surface area (Å²) >= 11 is 0. The number of phenols is 1. The van der Waals surface area contributed by atoms with Gasteiger partial charge in [-0.2, -0.15) is 0 Å². The van der Waals surface area contributed by atoms with Crippen LogP contribution in [-0.2, 0) is 0 Å². The van der Waals surface area contributed by atoms with Crippen LogP contribution in [0, 0.1) is 0 Å². The van der Waals surface area contributed by atoms with Crippen LogP contribution in [0.1, 0.15) is 6.92 Å². The number of hydrogen-bond acceptors (Lipinski definition) is 1. The van der Waals surface area contributed by atoms with Crippen LogP contribution in [0.5, 0.6) is 5.75 Å².